The number of allylic oxidation sites excluding steroid dienone is 1. The zero-order valence-corrected chi connectivity index (χ0v) is 11.7. The molecular weight excluding hydrogens is 236 g/mol. The van der Waals surface area contributed by atoms with E-state index in [1.807, 2.05) is 12.1 Å². The van der Waals surface area contributed by atoms with Crippen molar-refractivity contribution in [1.29, 1.82) is 0 Å². The first-order valence-electron chi connectivity index (χ1n) is 7.11. The lowest BCUT2D eigenvalue weighted by Gasteiger charge is -2.19. The summed E-state index contributed by atoms with van der Waals surface area (Å²) in [5, 5.41) is 0. The van der Waals surface area contributed by atoms with Gasteiger partial charge in [-0.05, 0) is 49.8 Å². The summed E-state index contributed by atoms with van der Waals surface area (Å²) in [6.07, 6.45) is 9.56. The van der Waals surface area contributed by atoms with Crippen molar-refractivity contribution in [2.24, 2.45) is 5.84 Å². The standard InChI is InChI=1S/C16H24N2O/c1-19-15-10-6-7-13(11-15)12-16(18-17)14-8-4-2-3-5-9-14/h6-8,10-11,16,18H,2-5,9,12,17H2,1H3. The second-order valence-corrected chi connectivity index (χ2v) is 5.15. The Hall–Kier alpha value is -1.32. The maximum Gasteiger partial charge on any atom is 0.119 e. The Labute approximate surface area is 115 Å². The van der Waals surface area contributed by atoms with Gasteiger partial charge in [-0.25, -0.2) is 0 Å². The maximum absolute atomic E-state index is 5.75. The third kappa shape index (κ3) is 4.08. The van der Waals surface area contributed by atoms with E-state index in [-0.39, 0.29) is 6.04 Å². The van der Waals surface area contributed by atoms with Gasteiger partial charge in [0.15, 0.2) is 0 Å². The molecule has 1 atom stereocenters. The normalized spacial score (nSPS) is 17.5. The number of hydrogen-bond acceptors (Lipinski definition) is 3. The van der Waals surface area contributed by atoms with E-state index in [2.05, 4.69) is 23.6 Å². The van der Waals surface area contributed by atoms with Gasteiger partial charge in [0.1, 0.15) is 5.75 Å². The van der Waals surface area contributed by atoms with Crippen LogP contribution >= 0.6 is 0 Å². The summed E-state index contributed by atoms with van der Waals surface area (Å²) in [6, 6.07) is 8.46. The Morgan fingerprint density at radius 1 is 1.32 bits per heavy atom. The molecule has 19 heavy (non-hydrogen) atoms. The molecule has 3 heteroatoms. The topological polar surface area (TPSA) is 47.3 Å². The highest BCUT2D eigenvalue weighted by Crippen LogP contribution is 2.22. The molecule has 1 aliphatic rings. The smallest absolute Gasteiger partial charge is 0.119 e. The Balaban J connectivity index is 2.07. The number of rotatable bonds is 5. The van der Waals surface area contributed by atoms with E-state index in [1.54, 1.807) is 7.11 Å². The molecule has 0 bridgehead atoms. The number of methoxy groups -OCH3 is 1. The van der Waals surface area contributed by atoms with E-state index < -0.39 is 0 Å². The number of nitrogens with two attached hydrogens (primary N) is 1. The van der Waals surface area contributed by atoms with Crippen LogP contribution in [0.25, 0.3) is 0 Å². The molecule has 3 nitrogen and oxygen atoms in total. The molecule has 1 aromatic carbocycles. The van der Waals surface area contributed by atoms with E-state index in [1.165, 1.54) is 43.2 Å². The minimum Gasteiger partial charge on any atom is -0.497 e. The van der Waals surface area contributed by atoms with Gasteiger partial charge in [-0.15, -0.1) is 0 Å². The van der Waals surface area contributed by atoms with Crippen molar-refractivity contribution in [3.63, 3.8) is 0 Å². The van der Waals surface area contributed by atoms with Crippen LogP contribution in [0.1, 0.15) is 37.7 Å². The summed E-state index contributed by atoms with van der Waals surface area (Å²) >= 11 is 0. The fraction of sp³-hybridized carbons (Fsp3) is 0.500. The maximum atomic E-state index is 5.75. The predicted octanol–water partition coefficient (Wildman–Crippen LogP) is 2.96. The quantitative estimate of drug-likeness (QED) is 0.486. The Morgan fingerprint density at radius 3 is 3.00 bits per heavy atom. The lowest BCUT2D eigenvalue weighted by atomic mass is 9.96. The van der Waals surface area contributed by atoms with Crippen molar-refractivity contribution in [3.8, 4) is 5.75 Å². The molecule has 104 valence electrons. The van der Waals surface area contributed by atoms with Crippen LogP contribution in [0.3, 0.4) is 0 Å². The van der Waals surface area contributed by atoms with E-state index in [0.29, 0.717) is 0 Å². The lowest BCUT2D eigenvalue weighted by Crippen LogP contribution is -2.38. The molecule has 0 aliphatic heterocycles. The molecule has 3 N–H and O–H groups in total. The number of nitrogens with one attached hydrogen (secondary N) is 1. The molecule has 0 amide bonds. The third-order valence-corrected chi connectivity index (χ3v) is 3.80. The third-order valence-electron chi connectivity index (χ3n) is 3.80. The predicted molar refractivity (Wildman–Crippen MR) is 79.0 cm³/mol. The summed E-state index contributed by atoms with van der Waals surface area (Å²) in [5.74, 6) is 6.66. The highest BCUT2D eigenvalue weighted by Gasteiger charge is 2.15. The fourth-order valence-electron chi connectivity index (χ4n) is 2.69. The van der Waals surface area contributed by atoms with E-state index in [9.17, 15) is 0 Å². The van der Waals surface area contributed by atoms with Gasteiger partial charge in [-0.1, -0.05) is 30.2 Å². The minimum absolute atomic E-state index is 0.241. The second-order valence-electron chi connectivity index (χ2n) is 5.15. The highest BCUT2D eigenvalue weighted by atomic mass is 16.5. The highest BCUT2D eigenvalue weighted by molar-refractivity contribution is 5.30. The van der Waals surface area contributed by atoms with Gasteiger partial charge in [-0.2, -0.15) is 0 Å². The van der Waals surface area contributed by atoms with Crippen molar-refractivity contribution in [2.75, 3.05) is 7.11 Å². The molecule has 0 radical (unpaired) electrons. The van der Waals surface area contributed by atoms with Crippen LogP contribution in [-0.2, 0) is 6.42 Å². The number of benzene rings is 1. The first-order chi connectivity index (χ1) is 9.33. The van der Waals surface area contributed by atoms with Crippen LogP contribution < -0.4 is 16.0 Å². The molecule has 2 rings (SSSR count). The molecule has 1 unspecified atom stereocenters. The first kappa shape index (κ1) is 14.1. The fourth-order valence-corrected chi connectivity index (χ4v) is 2.69. The zero-order valence-electron chi connectivity index (χ0n) is 11.7. The van der Waals surface area contributed by atoms with Gasteiger partial charge in [0.05, 0.1) is 7.11 Å². The molecule has 0 saturated heterocycles. The van der Waals surface area contributed by atoms with Gasteiger partial charge < -0.3 is 4.74 Å². The summed E-state index contributed by atoms with van der Waals surface area (Å²) in [4.78, 5) is 0. The average Bonchev–Trinajstić information content (AvgIpc) is 2.74. The largest absolute Gasteiger partial charge is 0.497 e. The molecule has 1 aromatic rings. The lowest BCUT2D eigenvalue weighted by molar-refractivity contribution is 0.414. The van der Waals surface area contributed by atoms with Gasteiger partial charge in [0.25, 0.3) is 0 Å². The molecule has 1 aliphatic carbocycles. The van der Waals surface area contributed by atoms with Gasteiger partial charge >= 0.3 is 0 Å². The molecule has 0 saturated carbocycles. The van der Waals surface area contributed by atoms with Crippen molar-refractivity contribution in [2.45, 2.75) is 44.6 Å². The SMILES string of the molecule is COc1cccc(CC(NN)C2=CCCCCC2)c1. The van der Waals surface area contributed by atoms with Crippen LogP contribution in [0.4, 0.5) is 0 Å². The van der Waals surface area contributed by atoms with E-state index in [4.69, 9.17) is 10.6 Å². The van der Waals surface area contributed by atoms with Crippen LogP contribution in [0.15, 0.2) is 35.9 Å². The van der Waals surface area contributed by atoms with E-state index >= 15 is 0 Å². The van der Waals surface area contributed by atoms with Gasteiger partial charge in [0, 0.05) is 6.04 Å². The molecule has 0 aromatic heterocycles. The van der Waals surface area contributed by atoms with Crippen LogP contribution in [0.2, 0.25) is 0 Å². The number of hydrogen-bond donors (Lipinski definition) is 2. The van der Waals surface area contributed by atoms with Crippen LogP contribution in [-0.4, -0.2) is 13.2 Å². The van der Waals surface area contributed by atoms with Crippen molar-refractivity contribution >= 4 is 0 Å². The summed E-state index contributed by atoms with van der Waals surface area (Å²) in [5.41, 5.74) is 5.69. The minimum atomic E-state index is 0.241. The monoisotopic (exact) mass is 260 g/mol. The zero-order chi connectivity index (χ0) is 13.5. The molecule has 0 fully saturated rings. The van der Waals surface area contributed by atoms with Crippen LogP contribution in [0, 0.1) is 0 Å². The first-order valence-corrected chi connectivity index (χ1v) is 7.11. The molecular formula is C16H24N2O. The van der Waals surface area contributed by atoms with Crippen LogP contribution in [0.5, 0.6) is 5.75 Å². The number of ether oxygens (including phenoxy) is 1. The summed E-state index contributed by atoms with van der Waals surface area (Å²) in [6.45, 7) is 0. The molecule has 0 heterocycles. The van der Waals surface area contributed by atoms with E-state index in [0.717, 1.165) is 12.2 Å². The Bertz CT molecular complexity index is 429. The van der Waals surface area contributed by atoms with Crippen molar-refractivity contribution in [1.82, 2.24) is 5.43 Å². The second kappa shape index (κ2) is 7.31. The van der Waals surface area contributed by atoms with Crippen molar-refractivity contribution in [3.05, 3.63) is 41.5 Å². The van der Waals surface area contributed by atoms with Crippen molar-refractivity contribution < 1.29 is 4.74 Å². The average molecular weight is 260 g/mol. The Kier molecular flexibility index (Phi) is 5.43. The summed E-state index contributed by atoms with van der Waals surface area (Å²) < 4.78 is 5.27. The summed E-state index contributed by atoms with van der Waals surface area (Å²) in [7, 11) is 1.70. The number of hydrazine groups is 1. The Morgan fingerprint density at radius 2 is 2.21 bits per heavy atom. The van der Waals surface area contributed by atoms with Gasteiger partial charge in [-0.3, -0.25) is 11.3 Å². The molecule has 0 spiro atoms. The van der Waals surface area contributed by atoms with Gasteiger partial charge in [0.2, 0.25) is 0 Å².